The maximum absolute atomic E-state index is 13.1. The van der Waals surface area contributed by atoms with Gasteiger partial charge in [-0.15, -0.1) is 0 Å². The molecule has 4 atom stereocenters. The van der Waals surface area contributed by atoms with Crippen molar-refractivity contribution < 1.29 is 19.8 Å². The maximum atomic E-state index is 13.1. The van der Waals surface area contributed by atoms with Crippen molar-refractivity contribution in [3.05, 3.63) is 11.1 Å². The molecule has 0 amide bonds. The van der Waals surface area contributed by atoms with Gasteiger partial charge in [-0.2, -0.15) is 0 Å². The van der Waals surface area contributed by atoms with Gasteiger partial charge in [-0.3, -0.25) is 9.59 Å². The van der Waals surface area contributed by atoms with Crippen LogP contribution in [-0.2, 0) is 9.59 Å². The van der Waals surface area contributed by atoms with Crippen LogP contribution in [0, 0.1) is 22.2 Å². The summed E-state index contributed by atoms with van der Waals surface area (Å²) in [5.41, 5.74) is 0.477. The zero-order valence-electron chi connectivity index (χ0n) is 15.3. The summed E-state index contributed by atoms with van der Waals surface area (Å²) in [5.74, 6) is 0.289. The van der Waals surface area contributed by atoms with Crippen LogP contribution >= 0.6 is 0 Å². The molecule has 1 saturated carbocycles. The summed E-state index contributed by atoms with van der Waals surface area (Å²) < 4.78 is 0. The first kappa shape index (κ1) is 17.8. The van der Waals surface area contributed by atoms with E-state index in [4.69, 9.17) is 0 Å². The first-order valence-corrected chi connectivity index (χ1v) is 9.14. The molecule has 3 aliphatic carbocycles. The average molecular weight is 334 g/mol. The zero-order valence-corrected chi connectivity index (χ0v) is 15.3. The Labute approximate surface area is 144 Å². The van der Waals surface area contributed by atoms with Gasteiger partial charge in [0.25, 0.3) is 0 Å². The lowest BCUT2D eigenvalue weighted by Gasteiger charge is -2.56. The Bertz CT molecular complexity index is 617. The van der Waals surface area contributed by atoms with Crippen LogP contribution in [0.3, 0.4) is 0 Å². The van der Waals surface area contributed by atoms with Crippen LogP contribution in [0.25, 0.3) is 0 Å². The van der Waals surface area contributed by atoms with E-state index in [9.17, 15) is 19.8 Å². The molecule has 1 fully saturated rings. The second-order valence-corrected chi connectivity index (χ2v) is 9.42. The van der Waals surface area contributed by atoms with E-state index in [1.165, 1.54) is 0 Å². The number of aliphatic hydroxyl groups is 2. The second-order valence-electron chi connectivity index (χ2n) is 9.42. The van der Waals surface area contributed by atoms with E-state index in [0.717, 1.165) is 24.8 Å². The first-order chi connectivity index (χ1) is 11.0. The van der Waals surface area contributed by atoms with Crippen LogP contribution in [-0.4, -0.2) is 34.5 Å². The Morgan fingerprint density at radius 1 is 1.08 bits per heavy atom. The summed E-state index contributed by atoms with van der Waals surface area (Å²) in [6.07, 6.45) is 3.27. The zero-order chi connectivity index (χ0) is 17.9. The number of aliphatic hydroxyl groups excluding tert-OH is 2. The molecule has 0 heterocycles. The number of hydrogen-bond donors (Lipinski definition) is 2. The molecule has 0 aromatic rings. The number of rotatable bonds is 2. The minimum absolute atomic E-state index is 0.00417. The molecule has 0 saturated heterocycles. The number of carbonyl (C=O) groups excluding carboxylic acids is 2. The lowest BCUT2D eigenvalue weighted by Crippen LogP contribution is -2.52. The van der Waals surface area contributed by atoms with Crippen molar-refractivity contribution in [1.82, 2.24) is 0 Å². The Balaban J connectivity index is 2.10. The fourth-order valence-electron chi connectivity index (χ4n) is 5.77. The summed E-state index contributed by atoms with van der Waals surface area (Å²) in [5, 5.41) is 19.5. The van der Waals surface area contributed by atoms with Gasteiger partial charge >= 0.3 is 0 Å². The Kier molecular flexibility index (Phi) is 4.08. The fourth-order valence-corrected chi connectivity index (χ4v) is 5.77. The highest BCUT2D eigenvalue weighted by Crippen LogP contribution is 2.61. The van der Waals surface area contributed by atoms with Crippen LogP contribution in [0.15, 0.2) is 11.1 Å². The number of carbonyl (C=O) groups is 2. The molecule has 4 heteroatoms. The number of Topliss-reactive ketones (excluding diaryl/α,β-unsaturated/α-hetero) is 2. The van der Waals surface area contributed by atoms with E-state index < -0.39 is 11.5 Å². The predicted octanol–water partition coefficient (Wildman–Crippen LogP) is 2.81. The number of fused-ring (bicyclic) bond motifs is 2. The molecule has 134 valence electrons. The van der Waals surface area contributed by atoms with Gasteiger partial charge < -0.3 is 10.2 Å². The van der Waals surface area contributed by atoms with Crippen LogP contribution in [0.5, 0.6) is 0 Å². The number of ketones is 2. The van der Waals surface area contributed by atoms with Crippen LogP contribution in [0.4, 0.5) is 0 Å². The summed E-state index contributed by atoms with van der Waals surface area (Å²) in [6, 6.07) is 0. The van der Waals surface area contributed by atoms with Gasteiger partial charge in [0.2, 0.25) is 0 Å². The lowest BCUT2D eigenvalue weighted by molar-refractivity contribution is -0.132. The van der Waals surface area contributed by atoms with Crippen molar-refractivity contribution in [2.24, 2.45) is 22.2 Å². The lowest BCUT2D eigenvalue weighted by atomic mass is 9.47. The van der Waals surface area contributed by atoms with Crippen molar-refractivity contribution in [1.29, 1.82) is 0 Å². The number of hydrogen-bond acceptors (Lipinski definition) is 4. The van der Waals surface area contributed by atoms with Crippen LogP contribution in [0.2, 0.25) is 0 Å². The Hall–Kier alpha value is -1.00. The van der Waals surface area contributed by atoms with E-state index in [-0.39, 0.29) is 41.3 Å². The summed E-state index contributed by atoms with van der Waals surface area (Å²) in [4.78, 5) is 26.0. The number of allylic oxidation sites excluding steroid dienone is 2. The third-order valence-electron chi connectivity index (χ3n) is 7.23. The average Bonchev–Trinajstić information content (AvgIpc) is 2.48. The van der Waals surface area contributed by atoms with Gasteiger partial charge in [-0.25, -0.2) is 0 Å². The maximum Gasteiger partial charge on any atom is 0.160 e. The molecule has 0 radical (unpaired) electrons. The highest BCUT2D eigenvalue weighted by atomic mass is 16.3. The molecule has 4 nitrogen and oxygen atoms in total. The van der Waals surface area contributed by atoms with Crippen molar-refractivity contribution >= 4 is 11.6 Å². The molecule has 3 aliphatic rings. The molecule has 2 unspecified atom stereocenters. The topological polar surface area (TPSA) is 74.6 Å². The van der Waals surface area contributed by atoms with E-state index in [0.29, 0.717) is 18.4 Å². The molecule has 0 aromatic heterocycles. The SMILES string of the molecule is CC1(C)CCC[C@]2(C)C3=C(CC(C)([C@H](O)CO)CC3=O)C(=O)CC12. The molecular formula is C20H30O4. The molecule has 0 spiro atoms. The van der Waals surface area contributed by atoms with Gasteiger partial charge in [-0.05, 0) is 30.6 Å². The molecule has 24 heavy (non-hydrogen) atoms. The predicted molar refractivity (Wildman–Crippen MR) is 91.3 cm³/mol. The highest BCUT2D eigenvalue weighted by molar-refractivity contribution is 6.10. The third kappa shape index (κ3) is 2.41. The Morgan fingerprint density at radius 3 is 2.38 bits per heavy atom. The van der Waals surface area contributed by atoms with Crippen LogP contribution in [0.1, 0.15) is 66.2 Å². The minimum atomic E-state index is -0.975. The van der Waals surface area contributed by atoms with Crippen molar-refractivity contribution in [3.8, 4) is 0 Å². The van der Waals surface area contributed by atoms with Gasteiger partial charge in [0.05, 0.1) is 12.7 Å². The molecule has 0 aliphatic heterocycles. The standard InChI is InChI=1S/C20H30O4/c1-18(2)6-5-7-20(4)15(18)8-13(22)12-9-19(3,16(24)11-21)10-14(23)17(12)20/h15-16,21,24H,5-11H2,1-4H3/t15?,16-,19?,20+/m1/s1. The summed E-state index contributed by atoms with van der Waals surface area (Å²) >= 11 is 0. The molecule has 0 aromatic carbocycles. The summed E-state index contributed by atoms with van der Waals surface area (Å²) in [6.45, 7) is 8.04. The smallest absolute Gasteiger partial charge is 0.160 e. The van der Waals surface area contributed by atoms with Crippen molar-refractivity contribution in [3.63, 3.8) is 0 Å². The van der Waals surface area contributed by atoms with E-state index in [1.54, 1.807) is 0 Å². The second kappa shape index (κ2) is 5.50. The largest absolute Gasteiger partial charge is 0.394 e. The van der Waals surface area contributed by atoms with Crippen LogP contribution < -0.4 is 0 Å². The van der Waals surface area contributed by atoms with Gasteiger partial charge in [-0.1, -0.05) is 34.1 Å². The van der Waals surface area contributed by atoms with E-state index in [2.05, 4.69) is 20.8 Å². The minimum Gasteiger partial charge on any atom is -0.394 e. The molecule has 3 rings (SSSR count). The van der Waals surface area contributed by atoms with Gasteiger partial charge in [0.1, 0.15) is 0 Å². The normalized spacial score (nSPS) is 40.2. The van der Waals surface area contributed by atoms with Gasteiger partial charge in [0, 0.05) is 34.8 Å². The first-order valence-electron chi connectivity index (χ1n) is 9.14. The molecular weight excluding hydrogens is 304 g/mol. The fraction of sp³-hybridized carbons (Fsp3) is 0.800. The third-order valence-corrected chi connectivity index (χ3v) is 7.23. The van der Waals surface area contributed by atoms with E-state index in [1.807, 2.05) is 6.92 Å². The Morgan fingerprint density at radius 2 is 1.75 bits per heavy atom. The van der Waals surface area contributed by atoms with E-state index >= 15 is 0 Å². The molecule has 2 N–H and O–H groups in total. The van der Waals surface area contributed by atoms with Gasteiger partial charge in [0.15, 0.2) is 11.6 Å². The highest BCUT2D eigenvalue weighted by Gasteiger charge is 2.57. The van der Waals surface area contributed by atoms with Crippen molar-refractivity contribution in [2.45, 2.75) is 72.3 Å². The quantitative estimate of drug-likeness (QED) is 0.814. The molecule has 0 bridgehead atoms. The monoisotopic (exact) mass is 334 g/mol. The van der Waals surface area contributed by atoms with Crippen molar-refractivity contribution in [2.75, 3.05) is 6.61 Å². The summed E-state index contributed by atoms with van der Waals surface area (Å²) in [7, 11) is 0.